The summed E-state index contributed by atoms with van der Waals surface area (Å²) in [6.07, 6.45) is 2.22. The standard InChI is InChI=1S/C15H24N2O/c1-10-7-11(2)15(12(3)8-10)18-6-5-14-9-13(4)16-17-14/h7-8,13-14,16-17H,5-6,9H2,1-4H3. The highest BCUT2D eigenvalue weighted by Crippen LogP contribution is 2.24. The lowest BCUT2D eigenvalue weighted by molar-refractivity contribution is 0.286. The second-order valence-corrected chi connectivity index (χ2v) is 5.49. The van der Waals surface area contributed by atoms with Gasteiger partial charge in [-0.15, -0.1) is 0 Å². The van der Waals surface area contributed by atoms with Crippen molar-refractivity contribution < 1.29 is 4.74 Å². The maximum atomic E-state index is 5.95. The fourth-order valence-electron chi connectivity index (χ4n) is 2.69. The quantitative estimate of drug-likeness (QED) is 0.859. The third-order valence-corrected chi connectivity index (χ3v) is 3.49. The molecule has 3 heteroatoms. The van der Waals surface area contributed by atoms with E-state index in [0.717, 1.165) is 18.8 Å². The Morgan fingerprint density at radius 1 is 1.17 bits per heavy atom. The van der Waals surface area contributed by atoms with E-state index in [9.17, 15) is 0 Å². The Bertz CT molecular complexity index is 394. The highest BCUT2D eigenvalue weighted by Gasteiger charge is 2.19. The summed E-state index contributed by atoms with van der Waals surface area (Å²) in [7, 11) is 0. The van der Waals surface area contributed by atoms with Gasteiger partial charge in [0.1, 0.15) is 5.75 Å². The Morgan fingerprint density at radius 3 is 2.39 bits per heavy atom. The summed E-state index contributed by atoms with van der Waals surface area (Å²) < 4.78 is 5.95. The van der Waals surface area contributed by atoms with Gasteiger partial charge in [0.25, 0.3) is 0 Å². The Labute approximate surface area is 110 Å². The van der Waals surface area contributed by atoms with Crippen LogP contribution in [0.25, 0.3) is 0 Å². The van der Waals surface area contributed by atoms with Crippen molar-refractivity contribution in [3.05, 3.63) is 28.8 Å². The molecule has 2 unspecified atom stereocenters. The summed E-state index contributed by atoms with van der Waals surface area (Å²) in [4.78, 5) is 0. The van der Waals surface area contributed by atoms with E-state index >= 15 is 0 Å². The van der Waals surface area contributed by atoms with E-state index in [1.54, 1.807) is 0 Å². The van der Waals surface area contributed by atoms with Gasteiger partial charge in [-0.05, 0) is 51.7 Å². The molecule has 0 bridgehead atoms. The van der Waals surface area contributed by atoms with E-state index in [-0.39, 0.29) is 0 Å². The van der Waals surface area contributed by atoms with E-state index in [1.807, 2.05) is 0 Å². The second kappa shape index (κ2) is 5.72. The fraction of sp³-hybridized carbons (Fsp3) is 0.600. The van der Waals surface area contributed by atoms with E-state index in [1.165, 1.54) is 23.1 Å². The summed E-state index contributed by atoms with van der Waals surface area (Å²) in [6.45, 7) is 9.33. The van der Waals surface area contributed by atoms with Crippen LogP contribution in [0.4, 0.5) is 0 Å². The van der Waals surface area contributed by atoms with Crippen molar-refractivity contribution in [2.24, 2.45) is 0 Å². The molecule has 2 N–H and O–H groups in total. The molecule has 2 atom stereocenters. The number of rotatable bonds is 4. The first-order chi connectivity index (χ1) is 8.56. The molecule has 1 aromatic rings. The minimum Gasteiger partial charge on any atom is -0.493 e. The summed E-state index contributed by atoms with van der Waals surface area (Å²) in [5, 5.41) is 0. The summed E-state index contributed by atoms with van der Waals surface area (Å²) in [6, 6.07) is 5.46. The maximum Gasteiger partial charge on any atom is 0.125 e. The van der Waals surface area contributed by atoms with E-state index in [4.69, 9.17) is 4.74 Å². The number of ether oxygens (including phenoxy) is 1. The van der Waals surface area contributed by atoms with E-state index < -0.39 is 0 Å². The molecule has 1 aromatic carbocycles. The highest BCUT2D eigenvalue weighted by atomic mass is 16.5. The molecular formula is C15H24N2O. The van der Waals surface area contributed by atoms with Crippen LogP contribution in [0.3, 0.4) is 0 Å². The van der Waals surface area contributed by atoms with Crippen LogP contribution in [0.5, 0.6) is 5.75 Å². The largest absolute Gasteiger partial charge is 0.493 e. The Hall–Kier alpha value is -1.06. The van der Waals surface area contributed by atoms with Crippen LogP contribution < -0.4 is 15.6 Å². The van der Waals surface area contributed by atoms with Gasteiger partial charge in [0.15, 0.2) is 0 Å². The highest BCUT2D eigenvalue weighted by molar-refractivity contribution is 5.42. The van der Waals surface area contributed by atoms with Gasteiger partial charge in [-0.2, -0.15) is 0 Å². The van der Waals surface area contributed by atoms with Gasteiger partial charge in [0.2, 0.25) is 0 Å². The smallest absolute Gasteiger partial charge is 0.125 e. The number of benzene rings is 1. The average Bonchev–Trinajstić information content (AvgIpc) is 2.68. The van der Waals surface area contributed by atoms with E-state index in [2.05, 4.69) is 50.7 Å². The van der Waals surface area contributed by atoms with Crippen molar-refractivity contribution >= 4 is 0 Å². The molecule has 100 valence electrons. The molecule has 1 heterocycles. The lowest BCUT2D eigenvalue weighted by Gasteiger charge is -2.15. The minimum absolute atomic E-state index is 0.533. The van der Waals surface area contributed by atoms with Gasteiger partial charge in [-0.1, -0.05) is 17.7 Å². The fourth-order valence-corrected chi connectivity index (χ4v) is 2.69. The molecule has 1 saturated heterocycles. The van der Waals surface area contributed by atoms with Crippen molar-refractivity contribution in [3.63, 3.8) is 0 Å². The van der Waals surface area contributed by atoms with Crippen molar-refractivity contribution in [3.8, 4) is 5.75 Å². The zero-order valence-corrected chi connectivity index (χ0v) is 11.8. The van der Waals surface area contributed by atoms with Gasteiger partial charge in [0, 0.05) is 12.1 Å². The first-order valence-electron chi connectivity index (χ1n) is 6.78. The summed E-state index contributed by atoms with van der Waals surface area (Å²) in [5.74, 6) is 1.06. The average molecular weight is 248 g/mol. The van der Waals surface area contributed by atoms with Crippen LogP contribution in [0.15, 0.2) is 12.1 Å². The maximum absolute atomic E-state index is 5.95. The van der Waals surface area contributed by atoms with Crippen molar-refractivity contribution in [1.29, 1.82) is 0 Å². The Morgan fingerprint density at radius 2 is 1.83 bits per heavy atom. The van der Waals surface area contributed by atoms with Crippen LogP contribution in [0.2, 0.25) is 0 Å². The molecule has 0 aromatic heterocycles. The number of hydrazine groups is 1. The summed E-state index contributed by atoms with van der Waals surface area (Å²) >= 11 is 0. The molecule has 0 spiro atoms. The minimum atomic E-state index is 0.533. The lowest BCUT2D eigenvalue weighted by Crippen LogP contribution is -2.33. The molecule has 1 aliphatic rings. The molecule has 3 nitrogen and oxygen atoms in total. The van der Waals surface area contributed by atoms with Crippen molar-refractivity contribution in [2.45, 2.75) is 52.6 Å². The van der Waals surface area contributed by atoms with Crippen molar-refractivity contribution in [2.75, 3.05) is 6.61 Å². The normalized spacial score (nSPS) is 23.3. The van der Waals surface area contributed by atoms with Crippen LogP contribution in [0.1, 0.15) is 36.5 Å². The predicted octanol–water partition coefficient (Wildman–Crippen LogP) is 2.64. The Balaban J connectivity index is 1.87. The molecule has 0 radical (unpaired) electrons. The zero-order chi connectivity index (χ0) is 13.1. The van der Waals surface area contributed by atoms with Gasteiger partial charge in [-0.3, -0.25) is 10.9 Å². The Kier molecular flexibility index (Phi) is 4.25. The second-order valence-electron chi connectivity index (χ2n) is 5.49. The first-order valence-corrected chi connectivity index (χ1v) is 6.78. The topological polar surface area (TPSA) is 33.3 Å². The van der Waals surface area contributed by atoms with Crippen LogP contribution in [0, 0.1) is 20.8 Å². The molecule has 1 aliphatic heterocycles. The zero-order valence-electron chi connectivity index (χ0n) is 11.8. The molecule has 2 rings (SSSR count). The van der Waals surface area contributed by atoms with Gasteiger partial charge in [-0.25, -0.2) is 0 Å². The molecule has 0 amide bonds. The van der Waals surface area contributed by atoms with Crippen LogP contribution >= 0.6 is 0 Å². The predicted molar refractivity (Wildman–Crippen MR) is 74.9 cm³/mol. The third-order valence-electron chi connectivity index (χ3n) is 3.49. The number of hydrogen-bond donors (Lipinski definition) is 2. The van der Waals surface area contributed by atoms with Gasteiger partial charge >= 0.3 is 0 Å². The van der Waals surface area contributed by atoms with E-state index in [0.29, 0.717) is 12.1 Å². The van der Waals surface area contributed by atoms with Crippen LogP contribution in [-0.2, 0) is 0 Å². The molecule has 0 saturated carbocycles. The summed E-state index contributed by atoms with van der Waals surface area (Å²) in [5.41, 5.74) is 10.3. The SMILES string of the molecule is Cc1cc(C)c(OCCC2CC(C)NN2)c(C)c1. The number of hydrogen-bond acceptors (Lipinski definition) is 3. The monoisotopic (exact) mass is 248 g/mol. The molecule has 18 heavy (non-hydrogen) atoms. The van der Waals surface area contributed by atoms with Crippen molar-refractivity contribution in [1.82, 2.24) is 10.9 Å². The third kappa shape index (κ3) is 3.24. The molecular weight excluding hydrogens is 224 g/mol. The number of nitrogens with one attached hydrogen (secondary N) is 2. The van der Waals surface area contributed by atoms with Crippen LogP contribution in [-0.4, -0.2) is 18.7 Å². The lowest BCUT2D eigenvalue weighted by atomic mass is 10.1. The molecule has 1 fully saturated rings. The first kappa shape index (κ1) is 13.4. The number of aryl methyl sites for hydroxylation is 3. The van der Waals surface area contributed by atoms with Gasteiger partial charge in [0.05, 0.1) is 6.61 Å². The molecule has 0 aliphatic carbocycles. The van der Waals surface area contributed by atoms with Gasteiger partial charge < -0.3 is 4.74 Å².